The number of carbonyl (C=O) groups excluding carboxylic acids is 1. The fourth-order valence-corrected chi connectivity index (χ4v) is 2.24. The van der Waals surface area contributed by atoms with Crippen LogP contribution >= 0.6 is 11.6 Å². The Labute approximate surface area is 130 Å². The van der Waals surface area contributed by atoms with Crippen molar-refractivity contribution in [1.82, 2.24) is 4.90 Å². The monoisotopic (exact) mass is 302 g/mol. The Kier molecular flexibility index (Phi) is 5.37. The van der Waals surface area contributed by atoms with Crippen molar-refractivity contribution in [2.24, 2.45) is 0 Å². The van der Waals surface area contributed by atoms with Gasteiger partial charge < -0.3 is 5.32 Å². The first-order valence-corrected chi connectivity index (χ1v) is 7.21. The van der Waals surface area contributed by atoms with Crippen LogP contribution in [0.4, 0.5) is 5.69 Å². The van der Waals surface area contributed by atoms with E-state index < -0.39 is 0 Å². The molecule has 0 aliphatic carbocycles. The third-order valence-corrected chi connectivity index (χ3v) is 3.49. The van der Waals surface area contributed by atoms with Gasteiger partial charge in [0.1, 0.15) is 0 Å². The van der Waals surface area contributed by atoms with E-state index in [1.54, 1.807) is 24.3 Å². The molecule has 0 fully saturated rings. The lowest BCUT2D eigenvalue weighted by Crippen LogP contribution is -2.30. The molecule has 0 bridgehead atoms. The molecule has 3 nitrogen and oxygen atoms in total. The van der Waals surface area contributed by atoms with Crippen molar-refractivity contribution >= 4 is 23.2 Å². The summed E-state index contributed by atoms with van der Waals surface area (Å²) in [4.78, 5) is 14.0. The van der Waals surface area contributed by atoms with Crippen LogP contribution in [0.25, 0.3) is 0 Å². The number of likely N-dealkylation sites (N-methyl/N-ethyl adjacent to an activating group) is 1. The number of nitrogens with zero attached hydrogens (tertiary/aromatic N) is 1. The Morgan fingerprint density at radius 2 is 1.81 bits per heavy atom. The maximum absolute atomic E-state index is 12.0. The van der Waals surface area contributed by atoms with E-state index in [4.69, 9.17) is 11.6 Å². The number of nitrogens with one attached hydrogen (secondary N) is 1. The summed E-state index contributed by atoms with van der Waals surface area (Å²) >= 11 is 5.82. The third-order valence-electron chi connectivity index (χ3n) is 3.24. The zero-order valence-electron chi connectivity index (χ0n) is 12.3. The van der Waals surface area contributed by atoms with Crippen molar-refractivity contribution in [1.29, 1.82) is 0 Å². The largest absolute Gasteiger partial charge is 0.325 e. The molecule has 0 radical (unpaired) electrons. The number of anilines is 1. The first kappa shape index (κ1) is 15.5. The van der Waals surface area contributed by atoms with E-state index in [0.29, 0.717) is 11.6 Å². The molecule has 110 valence electrons. The van der Waals surface area contributed by atoms with Gasteiger partial charge in [0.2, 0.25) is 5.91 Å². The molecule has 0 aromatic heterocycles. The fraction of sp³-hybridized carbons (Fsp3) is 0.235. The van der Waals surface area contributed by atoms with E-state index in [-0.39, 0.29) is 5.91 Å². The van der Waals surface area contributed by atoms with Crippen LogP contribution in [0.5, 0.6) is 0 Å². The Bertz CT molecular complexity index is 610. The molecule has 21 heavy (non-hydrogen) atoms. The van der Waals surface area contributed by atoms with Crippen molar-refractivity contribution in [2.75, 3.05) is 18.9 Å². The van der Waals surface area contributed by atoms with Crippen LogP contribution < -0.4 is 5.32 Å². The summed E-state index contributed by atoms with van der Waals surface area (Å²) in [7, 11) is 1.94. The number of aryl methyl sites for hydroxylation is 1. The predicted octanol–water partition coefficient (Wildman–Crippen LogP) is 3.72. The molecule has 0 unspecified atom stereocenters. The predicted molar refractivity (Wildman–Crippen MR) is 87.6 cm³/mol. The lowest BCUT2D eigenvalue weighted by atomic mass is 10.1. The molecule has 0 aliphatic rings. The fourth-order valence-electron chi connectivity index (χ4n) is 2.11. The highest BCUT2D eigenvalue weighted by Crippen LogP contribution is 2.13. The van der Waals surface area contributed by atoms with Crippen LogP contribution in [-0.4, -0.2) is 24.4 Å². The van der Waals surface area contributed by atoms with Crippen LogP contribution in [0.2, 0.25) is 5.02 Å². The Balaban J connectivity index is 1.87. The van der Waals surface area contributed by atoms with E-state index >= 15 is 0 Å². The molecule has 2 aromatic rings. The molecule has 1 amide bonds. The van der Waals surface area contributed by atoms with Crippen LogP contribution in [-0.2, 0) is 11.3 Å². The van der Waals surface area contributed by atoms with Crippen molar-refractivity contribution in [3.63, 3.8) is 0 Å². The summed E-state index contributed by atoms with van der Waals surface area (Å²) in [5, 5.41) is 3.52. The van der Waals surface area contributed by atoms with Crippen LogP contribution in [0.15, 0.2) is 48.5 Å². The van der Waals surface area contributed by atoms with Crippen LogP contribution in [0.3, 0.4) is 0 Å². The summed E-state index contributed by atoms with van der Waals surface area (Å²) in [6.45, 7) is 3.18. The smallest absolute Gasteiger partial charge is 0.238 e. The van der Waals surface area contributed by atoms with Crippen molar-refractivity contribution < 1.29 is 4.79 Å². The molecule has 0 heterocycles. The van der Waals surface area contributed by atoms with Gasteiger partial charge in [0.25, 0.3) is 0 Å². The number of hydrogen-bond donors (Lipinski definition) is 1. The highest BCUT2D eigenvalue weighted by atomic mass is 35.5. The number of benzene rings is 2. The molecule has 0 aliphatic heterocycles. The second kappa shape index (κ2) is 7.25. The van der Waals surface area contributed by atoms with Gasteiger partial charge in [0.05, 0.1) is 6.54 Å². The molecule has 0 spiro atoms. The van der Waals surface area contributed by atoms with Crippen molar-refractivity contribution in [3.05, 3.63) is 64.7 Å². The third kappa shape index (κ3) is 4.88. The van der Waals surface area contributed by atoms with Gasteiger partial charge in [-0.05, 0) is 49.4 Å². The van der Waals surface area contributed by atoms with E-state index in [1.807, 2.05) is 24.1 Å². The molecule has 2 rings (SSSR count). The van der Waals surface area contributed by atoms with Gasteiger partial charge in [0, 0.05) is 17.3 Å². The van der Waals surface area contributed by atoms with Gasteiger partial charge in [-0.25, -0.2) is 0 Å². The first-order valence-electron chi connectivity index (χ1n) is 6.83. The standard InChI is InChI=1S/C17H19ClN2O/c1-13-5-3-4-6-14(13)11-20(2)12-17(21)19-16-9-7-15(18)8-10-16/h3-10H,11-12H2,1-2H3,(H,19,21). The Hall–Kier alpha value is -1.84. The molecule has 0 saturated carbocycles. The van der Waals surface area contributed by atoms with Gasteiger partial charge in [-0.15, -0.1) is 0 Å². The molecule has 0 saturated heterocycles. The van der Waals surface area contributed by atoms with Gasteiger partial charge in [0.15, 0.2) is 0 Å². The van der Waals surface area contributed by atoms with Gasteiger partial charge >= 0.3 is 0 Å². The maximum Gasteiger partial charge on any atom is 0.238 e. The van der Waals surface area contributed by atoms with Gasteiger partial charge in [-0.3, -0.25) is 9.69 Å². The highest BCUT2D eigenvalue weighted by molar-refractivity contribution is 6.30. The van der Waals surface area contributed by atoms with Crippen molar-refractivity contribution in [2.45, 2.75) is 13.5 Å². The minimum absolute atomic E-state index is 0.0339. The second-order valence-electron chi connectivity index (χ2n) is 5.15. The van der Waals surface area contributed by atoms with Gasteiger partial charge in [-0.2, -0.15) is 0 Å². The lowest BCUT2D eigenvalue weighted by molar-refractivity contribution is -0.117. The maximum atomic E-state index is 12.0. The topological polar surface area (TPSA) is 32.3 Å². The number of halogens is 1. The summed E-state index contributed by atoms with van der Waals surface area (Å²) in [6, 6.07) is 15.3. The van der Waals surface area contributed by atoms with Gasteiger partial charge in [-0.1, -0.05) is 35.9 Å². The molecule has 4 heteroatoms. The van der Waals surface area contributed by atoms with Crippen molar-refractivity contribution in [3.8, 4) is 0 Å². The number of carbonyl (C=O) groups is 1. The van der Waals surface area contributed by atoms with Crippen LogP contribution in [0.1, 0.15) is 11.1 Å². The molecule has 0 atom stereocenters. The average Bonchev–Trinajstić information content (AvgIpc) is 2.44. The highest BCUT2D eigenvalue weighted by Gasteiger charge is 2.08. The van der Waals surface area contributed by atoms with E-state index in [1.165, 1.54) is 11.1 Å². The normalized spacial score (nSPS) is 10.7. The lowest BCUT2D eigenvalue weighted by Gasteiger charge is -2.17. The Morgan fingerprint density at radius 1 is 1.14 bits per heavy atom. The number of hydrogen-bond acceptors (Lipinski definition) is 2. The molecular formula is C17H19ClN2O. The van der Waals surface area contributed by atoms with E-state index in [2.05, 4.69) is 24.4 Å². The first-order chi connectivity index (χ1) is 10.0. The summed E-state index contributed by atoms with van der Waals surface area (Å²) in [5.41, 5.74) is 3.23. The molecular weight excluding hydrogens is 284 g/mol. The summed E-state index contributed by atoms with van der Waals surface area (Å²) in [5.74, 6) is -0.0339. The Morgan fingerprint density at radius 3 is 2.48 bits per heavy atom. The summed E-state index contributed by atoms with van der Waals surface area (Å²) < 4.78 is 0. The number of rotatable bonds is 5. The molecule has 1 N–H and O–H groups in total. The van der Waals surface area contributed by atoms with E-state index in [0.717, 1.165) is 12.2 Å². The molecule has 2 aromatic carbocycles. The zero-order valence-corrected chi connectivity index (χ0v) is 13.0. The minimum atomic E-state index is -0.0339. The minimum Gasteiger partial charge on any atom is -0.325 e. The van der Waals surface area contributed by atoms with E-state index in [9.17, 15) is 4.79 Å². The quantitative estimate of drug-likeness (QED) is 0.913. The second-order valence-corrected chi connectivity index (χ2v) is 5.59. The summed E-state index contributed by atoms with van der Waals surface area (Å²) in [6.07, 6.45) is 0. The zero-order chi connectivity index (χ0) is 15.2. The number of amides is 1. The average molecular weight is 303 g/mol. The SMILES string of the molecule is Cc1ccccc1CN(C)CC(=O)Nc1ccc(Cl)cc1. The van der Waals surface area contributed by atoms with Crippen LogP contribution in [0, 0.1) is 6.92 Å².